The van der Waals surface area contributed by atoms with Gasteiger partial charge in [-0.05, 0) is 5.25 Å². The zero-order chi connectivity index (χ0) is 10.6. The van der Waals surface area contributed by atoms with E-state index in [1.807, 2.05) is 0 Å². The minimum Gasteiger partial charge on any atom is -0.394 e. The standard InChI is InChI=1S/C8H15N3O2S/c1-5(2)14-4-7-10-8(13-11-7)6(9)3-12/h5-6,12H,3-4,9H2,1-2H3. The van der Waals surface area contributed by atoms with Crippen molar-refractivity contribution in [3.8, 4) is 0 Å². The highest BCUT2D eigenvalue weighted by atomic mass is 32.2. The van der Waals surface area contributed by atoms with Crippen LogP contribution in [0.2, 0.25) is 0 Å². The fourth-order valence-electron chi connectivity index (χ4n) is 0.796. The summed E-state index contributed by atoms with van der Waals surface area (Å²) in [4.78, 5) is 4.07. The van der Waals surface area contributed by atoms with Gasteiger partial charge >= 0.3 is 0 Å². The molecule has 0 aromatic carbocycles. The lowest BCUT2D eigenvalue weighted by Crippen LogP contribution is -2.14. The Bertz CT molecular complexity index is 277. The van der Waals surface area contributed by atoms with E-state index in [1.165, 1.54) is 0 Å². The summed E-state index contributed by atoms with van der Waals surface area (Å²) < 4.78 is 4.89. The van der Waals surface area contributed by atoms with E-state index < -0.39 is 6.04 Å². The number of hydrogen-bond donors (Lipinski definition) is 2. The molecule has 0 aliphatic rings. The van der Waals surface area contributed by atoms with Crippen molar-refractivity contribution in [3.63, 3.8) is 0 Å². The Labute approximate surface area is 87.1 Å². The van der Waals surface area contributed by atoms with Crippen molar-refractivity contribution in [2.45, 2.75) is 30.9 Å². The normalized spacial score (nSPS) is 13.5. The highest BCUT2D eigenvalue weighted by molar-refractivity contribution is 7.99. The number of thioether (sulfide) groups is 1. The van der Waals surface area contributed by atoms with Gasteiger partial charge in [-0.15, -0.1) is 0 Å². The molecule has 6 heteroatoms. The number of aromatic nitrogens is 2. The van der Waals surface area contributed by atoms with Gasteiger partial charge in [0, 0.05) is 0 Å². The summed E-state index contributed by atoms with van der Waals surface area (Å²) in [5.41, 5.74) is 5.51. The highest BCUT2D eigenvalue weighted by Crippen LogP contribution is 2.16. The van der Waals surface area contributed by atoms with Crippen LogP contribution in [0, 0.1) is 0 Å². The molecule has 1 rings (SSSR count). The third kappa shape index (κ3) is 3.28. The molecule has 80 valence electrons. The van der Waals surface area contributed by atoms with Crippen LogP contribution >= 0.6 is 11.8 Å². The van der Waals surface area contributed by atoms with Crippen LogP contribution < -0.4 is 5.73 Å². The molecular weight excluding hydrogens is 202 g/mol. The van der Waals surface area contributed by atoms with Crippen LogP contribution in [0.5, 0.6) is 0 Å². The quantitative estimate of drug-likeness (QED) is 0.755. The molecule has 0 saturated carbocycles. The summed E-state index contributed by atoms with van der Waals surface area (Å²) in [5.74, 6) is 1.63. The number of nitrogens with zero attached hydrogens (tertiary/aromatic N) is 2. The molecule has 0 aliphatic carbocycles. The number of rotatable bonds is 5. The predicted molar refractivity (Wildman–Crippen MR) is 54.7 cm³/mol. The Kier molecular flexibility index (Phi) is 4.37. The summed E-state index contributed by atoms with van der Waals surface area (Å²) in [6.07, 6.45) is 0. The molecular formula is C8H15N3O2S. The van der Waals surface area contributed by atoms with Crippen molar-refractivity contribution in [1.29, 1.82) is 0 Å². The monoisotopic (exact) mass is 217 g/mol. The summed E-state index contributed by atoms with van der Waals surface area (Å²) in [6.45, 7) is 4.02. The second kappa shape index (κ2) is 5.33. The first-order chi connectivity index (χ1) is 6.63. The topological polar surface area (TPSA) is 85.2 Å². The van der Waals surface area contributed by atoms with Crippen LogP contribution in [-0.4, -0.2) is 27.1 Å². The number of aliphatic hydroxyl groups excluding tert-OH is 1. The van der Waals surface area contributed by atoms with Crippen molar-refractivity contribution >= 4 is 11.8 Å². The third-order valence-electron chi connectivity index (χ3n) is 1.54. The minimum absolute atomic E-state index is 0.182. The van der Waals surface area contributed by atoms with Gasteiger partial charge in [0.05, 0.1) is 12.4 Å². The molecule has 3 N–H and O–H groups in total. The smallest absolute Gasteiger partial charge is 0.245 e. The Balaban J connectivity index is 2.50. The van der Waals surface area contributed by atoms with Crippen LogP contribution in [0.25, 0.3) is 0 Å². The van der Waals surface area contributed by atoms with E-state index in [2.05, 4.69) is 24.0 Å². The van der Waals surface area contributed by atoms with Crippen molar-refractivity contribution in [1.82, 2.24) is 10.1 Å². The second-order valence-corrected chi connectivity index (χ2v) is 4.76. The average molecular weight is 217 g/mol. The molecule has 1 heterocycles. The van der Waals surface area contributed by atoms with Crippen LogP contribution in [0.4, 0.5) is 0 Å². The lowest BCUT2D eigenvalue weighted by Gasteiger charge is -2.00. The molecule has 0 fully saturated rings. The maximum absolute atomic E-state index is 8.76. The minimum atomic E-state index is -0.569. The lowest BCUT2D eigenvalue weighted by molar-refractivity contribution is 0.236. The Morgan fingerprint density at radius 2 is 2.29 bits per heavy atom. The van der Waals surface area contributed by atoms with Gasteiger partial charge in [-0.1, -0.05) is 19.0 Å². The van der Waals surface area contributed by atoms with Crippen molar-refractivity contribution in [3.05, 3.63) is 11.7 Å². The molecule has 0 radical (unpaired) electrons. The van der Waals surface area contributed by atoms with E-state index in [0.29, 0.717) is 22.7 Å². The molecule has 0 amide bonds. The van der Waals surface area contributed by atoms with Crippen molar-refractivity contribution in [2.75, 3.05) is 6.61 Å². The summed E-state index contributed by atoms with van der Waals surface area (Å²) in [7, 11) is 0. The largest absolute Gasteiger partial charge is 0.394 e. The van der Waals surface area contributed by atoms with E-state index in [1.54, 1.807) is 11.8 Å². The Morgan fingerprint density at radius 1 is 1.57 bits per heavy atom. The first-order valence-electron chi connectivity index (χ1n) is 4.44. The number of hydrogen-bond acceptors (Lipinski definition) is 6. The molecule has 14 heavy (non-hydrogen) atoms. The summed E-state index contributed by atoms with van der Waals surface area (Å²) in [6, 6.07) is -0.569. The molecule has 0 spiro atoms. The van der Waals surface area contributed by atoms with E-state index >= 15 is 0 Å². The average Bonchev–Trinajstić information content (AvgIpc) is 2.62. The van der Waals surface area contributed by atoms with Gasteiger partial charge in [0.1, 0.15) is 6.04 Å². The van der Waals surface area contributed by atoms with Crippen molar-refractivity contribution < 1.29 is 9.63 Å². The molecule has 0 bridgehead atoms. The fraction of sp³-hybridized carbons (Fsp3) is 0.750. The van der Waals surface area contributed by atoms with Gasteiger partial charge in [-0.3, -0.25) is 0 Å². The van der Waals surface area contributed by atoms with E-state index in [9.17, 15) is 0 Å². The van der Waals surface area contributed by atoms with Gasteiger partial charge in [0.15, 0.2) is 5.82 Å². The maximum atomic E-state index is 8.76. The Morgan fingerprint density at radius 3 is 2.86 bits per heavy atom. The van der Waals surface area contributed by atoms with Crippen molar-refractivity contribution in [2.24, 2.45) is 5.73 Å². The molecule has 1 atom stereocenters. The predicted octanol–water partition coefficient (Wildman–Crippen LogP) is 0.703. The zero-order valence-electron chi connectivity index (χ0n) is 8.30. The van der Waals surface area contributed by atoms with Gasteiger partial charge in [-0.2, -0.15) is 16.7 Å². The highest BCUT2D eigenvalue weighted by Gasteiger charge is 2.13. The molecule has 1 aromatic rings. The van der Waals surface area contributed by atoms with Gasteiger partial charge in [0.25, 0.3) is 0 Å². The van der Waals surface area contributed by atoms with Crippen LogP contribution in [0.15, 0.2) is 4.52 Å². The van der Waals surface area contributed by atoms with Gasteiger partial charge in [0.2, 0.25) is 5.89 Å². The van der Waals surface area contributed by atoms with Crippen LogP contribution in [0.1, 0.15) is 31.6 Å². The molecule has 5 nitrogen and oxygen atoms in total. The van der Waals surface area contributed by atoms with Gasteiger partial charge in [-0.25, -0.2) is 0 Å². The van der Waals surface area contributed by atoms with Crippen LogP contribution in [0.3, 0.4) is 0 Å². The SMILES string of the molecule is CC(C)SCc1noc(C(N)CO)n1. The zero-order valence-corrected chi connectivity index (χ0v) is 9.12. The summed E-state index contributed by atoms with van der Waals surface area (Å²) in [5, 5.41) is 13.0. The summed E-state index contributed by atoms with van der Waals surface area (Å²) >= 11 is 1.73. The van der Waals surface area contributed by atoms with E-state index in [0.717, 1.165) is 0 Å². The number of aliphatic hydroxyl groups is 1. The van der Waals surface area contributed by atoms with E-state index in [-0.39, 0.29) is 6.61 Å². The lowest BCUT2D eigenvalue weighted by atomic mass is 10.3. The number of nitrogens with two attached hydrogens (primary N) is 1. The van der Waals surface area contributed by atoms with Crippen LogP contribution in [-0.2, 0) is 5.75 Å². The second-order valence-electron chi connectivity index (χ2n) is 3.20. The van der Waals surface area contributed by atoms with E-state index in [4.69, 9.17) is 15.4 Å². The molecule has 0 saturated heterocycles. The first kappa shape index (κ1) is 11.5. The molecule has 1 unspecified atom stereocenters. The first-order valence-corrected chi connectivity index (χ1v) is 5.49. The Hall–Kier alpha value is -0.590. The fourth-order valence-corrected chi connectivity index (χ4v) is 1.40. The molecule has 0 aliphatic heterocycles. The van der Waals surface area contributed by atoms with Gasteiger partial charge < -0.3 is 15.4 Å². The molecule has 1 aromatic heterocycles. The maximum Gasteiger partial charge on any atom is 0.245 e. The third-order valence-corrected chi connectivity index (χ3v) is 2.63.